The van der Waals surface area contributed by atoms with Crippen LogP contribution in [-0.2, 0) is 14.1 Å². The molecule has 0 heterocycles. The lowest BCUT2D eigenvalue weighted by molar-refractivity contribution is -0.163. The molecule has 0 aliphatic rings. The van der Waals surface area contributed by atoms with Gasteiger partial charge in [-0.15, -0.1) is 0 Å². The highest BCUT2D eigenvalue weighted by Gasteiger charge is 2.34. The average Bonchev–Trinajstić information content (AvgIpc) is 2.68. The van der Waals surface area contributed by atoms with Gasteiger partial charge in [0.25, 0.3) is 0 Å². The van der Waals surface area contributed by atoms with Crippen molar-refractivity contribution in [3.05, 3.63) is 96.6 Å². The Morgan fingerprint density at radius 2 is 1.08 bits per heavy atom. The largest absolute Gasteiger partial charge is 0.625 e. The SMILES string of the molecule is O=C(OOP(=O)(Oc1ccccc1)Oc1ccccc1)c1ccccc1. The van der Waals surface area contributed by atoms with Crippen molar-refractivity contribution in [2.45, 2.75) is 0 Å². The van der Waals surface area contributed by atoms with Crippen LogP contribution in [0.3, 0.4) is 0 Å². The number of carbonyl (C=O) groups is 1. The summed E-state index contributed by atoms with van der Waals surface area (Å²) in [6.07, 6.45) is 0. The second kappa shape index (κ2) is 8.34. The number of benzene rings is 3. The Hall–Kier alpha value is -3.08. The van der Waals surface area contributed by atoms with E-state index in [1.807, 2.05) is 0 Å². The molecule has 6 nitrogen and oxygen atoms in total. The summed E-state index contributed by atoms with van der Waals surface area (Å²) < 4.78 is 28.4. The number of para-hydroxylation sites is 2. The molecule has 0 aromatic heterocycles. The lowest BCUT2D eigenvalue weighted by Gasteiger charge is -2.17. The van der Waals surface area contributed by atoms with Crippen molar-refractivity contribution < 1.29 is 28.0 Å². The van der Waals surface area contributed by atoms with Crippen LogP contribution in [0.1, 0.15) is 10.4 Å². The first-order valence-corrected chi connectivity index (χ1v) is 9.16. The summed E-state index contributed by atoms with van der Waals surface area (Å²) in [4.78, 5) is 16.7. The molecule has 7 heteroatoms. The third kappa shape index (κ3) is 4.96. The minimum atomic E-state index is -4.28. The first kappa shape index (κ1) is 17.7. The van der Waals surface area contributed by atoms with Crippen molar-refractivity contribution in [1.82, 2.24) is 0 Å². The number of phosphoric ester groups is 1. The van der Waals surface area contributed by atoms with E-state index in [0.717, 1.165) is 0 Å². The van der Waals surface area contributed by atoms with Gasteiger partial charge in [0.05, 0.1) is 5.56 Å². The van der Waals surface area contributed by atoms with Crippen molar-refractivity contribution >= 4 is 13.8 Å². The molecular formula is C19H15O6P. The molecule has 0 spiro atoms. The molecule has 3 rings (SSSR count). The van der Waals surface area contributed by atoms with Gasteiger partial charge in [0.1, 0.15) is 11.5 Å². The van der Waals surface area contributed by atoms with Gasteiger partial charge in [-0.05, 0) is 41.1 Å². The molecule has 0 aliphatic heterocycles. The maximum Gasteiger partial charge on any atom is 0.625 e. The van der Waals surface area contributed by atoms with E-state index in [9.17, 15) is 9.36 Å². The van der Waals surface area contributed by atoms with E-state index in [4.69, 9.17) is 13.7 Å². The maximum absolute atomic E-state index is 12.9. The monoisotopic (exact) mass is 370 g/mol. The molecule has 0 aliphatic carbocycles. The molecule has 0 amide bonds. The number of phosphoric acid groups is 1. The Kier molecular flexibility index (Phi) is 5.69. The summed E-state index contributed by atoms with van der Waals surface area (Å²) in [5.41, 5.74) is 0.235. The fraction of sp³-hybridized carbons (Fsp3) is 0. The third-order valence-corrected chi connectivity index (χ3v) is 4.26. The summed E-state index contributed by atoms with van der Waals surface area (Å²) >= 11 is 0. The van der Waals surface area contributed by atoms with Crippen LogP contribution < -0.4 is 9.05 Å². The van der Waals surface area contributed by atoms with Crippen LogP contribution >= 0.6 is 7.82 Å². The Bertz CT molecular complexity index is 838. The first-order chi connectivity index (χ1) is 12.6. The average molecular weight is 370 g/mol. The molecule has 0 bridgehead atoms. The minimum absolute atomic E-state index is 0.235. The van der Waals surface area contributed by atoms with Crippen LogP contribution in [0.4, 0.5) is 0 Å². The van der Waals surface area contributed by atoms with Crippen LogP contribution in [0, 0.1) is 0 Å². The second-order valence-electron chi connectivity index (χ2n) is 5.07. The Labute approximate surface area is 150 Å². The van der Waals surface area contributed by atoms with Crippen molar-refractivity contribution in [3.63, 3.8) is 0 Å². The Morgan fingerprint density at radius 3 is 1.54 bits per heavy atom. The van der Waals surface area contributed by atoms with E-state index in [1.165, 1.54) is 12.1 Å². The van der Waals surface area contributed by atoms with Gasteiger partial charge in [0.2, 0.25) is 0 Å². The van der Waals surface area contributed by atoms with Gasteiger partial charge >= 0.3 is 13.8 Å². The van der Waals surface area contributed by atoms with Gasteiger partial charge in [0, 0.05) is 0 Å². The lowest BCUT2D eigenvalue weighted by atomic mass is 10.2. The fourth-order valence-electron chi connectivity index (χ4n) is 1.97. The fourth-order valence-corrected chi connectivity index (χ4v) is 2.99. The molecule has 3 aromatic rings. The van der Waals surface area contributed by atoms with E-state index in [1.54, 1.807) is 78.9 Å². The quantitative estimate of drug-likeness (QED) is 0.330. The minimum Gasteiger partial charge on any atom is -0.393 e. The summed E-state index contributed by atoms with van der Waals surface area (Å²) in [6.45, 7) is 0. The van der Waals surface area contributed by atoms with Crippen LogP contribution in [0.15, 0.2) is 91.0 Å². The first-order valence-electron chi connectivity index (χ1n) is 7.70. The van der Waals surface area contributed by atoms with E-state index in [2.05, 4.69) is 4.89 Å². The van der Waals surface area contributed by atoms with Crippen LogP contribution in [0.25, 0.3) is 0 Å². The topological polar surface area (TPSA) is 71.1 Å². The number of hydrogen-bond acceptors (Lipinski definition) is 6. The normalized spacial score (nSPS) is 10.8. The van der Waals surface area contributed by atoms with E-state index < -0.39 is 13.8 Å². The molecule has 0 saturated heterocycles. The molecule has 0 unspecified atom stereocenters. The Morgan fingerprint density at radius 1 is 0.654 bits per heavy atom. The van der Waals surface area contributed by atoms with Gasteiger partial charge < -0.3 is 9.05 Å². The number of carbonyl (C=O) groups excluding carboxylic acids is 1. The molecule has 0 N–H and O–H groups in total. The smallest absolute Gasteiger partial charge is 0.393 e. The van der Waals surface area contributed by atoms with Gasteiger partial charge in [-0.1, -0.05) is 54.6 Å². The van der Waals surface area contributed by atoms with Crippen molar-refractivity contribution in [2.24, 2.45) is 0 Å². The van der Waals surface area contributed by atoms with Crippen LogP contribution in [0.2, 0.25) is 0 Å². The maximum atomic E-state index is 12.9. The molecule has 26 heavy (non-hydrogen) atoms. The van der Waals surface area contributed by atoms with Crippen molar-refractivity contribution in [1.29, 1.82) is 0 Å². The zero-order valence-corrected chi connectivity index (χ0v) is 14.5. The van der Waals surface area contributed by atoms with Gasteiger partial charge in [-0.25, -0.2) is 9.36 Å². The second-order valence-corrected chi connectivity index (χ2v) is 6.48. The van der Waals surface area contributed by atoms with Crippen molar-refractivity contribution in [3.8, 4) is 11.5 Å². The van der Waals surface area contributed by atoms with Gasteiger partial charge in [-0.3, -0.25) is 4.89 Å². The highest BCUT2D eigenvalue weighted by Crippen LogP contribution is 2.49. The predicted molar refractivity (Wildman–Crippen MR) is 94.7 cm³/mol. The van der Waals surface area contributed by atoms with Gasteiger partial charge in [-0.2, -0.15) is 0 Å². The molecule has 3 aromatic carbocycles. The molecular weight excluding hydrogens is 355 g/mol. The van der Waals surface area contributed by atoms with Crippen LogP contribution in [0.5, 0.6) is 11.5 Å². The van der Waals surface area contributed by atoms with Gasteiger partial charge in [0.15, 0.2) is 0 Å². The zero-order chi connectivity index (χ0) is 18.2. The van der Waals surface area contributed by atoms with E-state index in [0.29, 0.717) is 0 Å². The molecule has 0 radical (unpaired) electrons. The highest BCUT2D eigenvalue weighted by molar-refractivity contribution is 7.49. The van der Waals surface area contributed by atoms with E-state index in [-0.39, 0.29) is 17.1 Å². The predicted octanol–water partition coefficient (Wildman–Crippen LogP) is 5.04. The van der Waals surface area contributed by atoms with Crippen LogP contribution in [-0.4, -0.2) is 5.97 Å². The molecule has 0 fully saturated rings. The molecule has 0 atom stereocenters. The summed E-state index contributed by atoms with van der Waals surface area (Å²) in [5.74, 6) is -0.343. The number of rotatable bonds is 7. The lowest BCUT2D eigenvalue weighted by Crippen LogP contribution is -2.10. The van der Waals surface area contributed by atoms with E-state index >= 15 is 0 Å². The molecule has 0 saturated carbocycles. The summed E-state index contributed by atoms with van der Waals surface area (Å²) in [7, 11) is -4.28. The standard InChI is InChI=1S/C19H15O6P/c20-19(16-10-4-1-5-11-16)22-25-26(21,23-17-12-6-2-7-13-17)24-18-14-8-3-9-15-18/h1-15H. The summed E-state index contributed by atoms with van der Waals surface area (Å²) in [6, 6.07) is 24.7. The third-order valence-electron chi connectivity index (χ3n) is 3.13. The summed E-state index contributed by atoms with van der Waals surface area (Å²) in [5, 5.41) is 0. The Balaban J connectivity index is 1.76. The zero-order valence-electron chi connectivity index (χ0n) is 13.6. The van der Waals surface area contributed by atoms with Crippen molar-refractivity contribution in [2.75, 3.05) is 0 Å². The highest BCUT2D eigenvalue weighted by atomic mass is 31.2. The molecule has 132 valence electrons. The number of hydrogen-bond donors (Lipinski definition) is 0.